The third-order valence-electron chi connectivity index (χ3n) is 2.37. The van der Waals surface area contributed by atoms with Gasteiger partial charge >= 0.3 is 0 Å². The minimum absolute atomic E-state index is 0.817. The number of thiazole rings is 1. The maximum Gasteiger partial charge on any atom is 0.0900 e. The fourth-order valence-electron chi connectivity index (χ4n) is 1.55. The Hall–Kier alpha value is -0.390. The van der Waals surface area contributed by atoms with Gasteiger partial charge in [0, 0.05) is 19.5 Å². The smallest absolute Gasteiger partial charge is 0.0900 e. The van der Waals surface area contributed by atoms with Gasteiger partial charge in [-0.25, -0.2) is 4.98 Å². The number of hydrogen-bond donors (Lipinski definition) is 1. The van der Waals surface area contributed by atoms with Crippen molar-refractivity contribution in [2.24, 2.45) is 0 Å². The van der Waals surface area contributed by atoms with E-state index in [0.29, 0.717) is 0 Å². The highest BCUT2D eigenvalue weighted by atomic mass is 79.9. The van der Waals surface area contributed by atoms with Crippen LogP contribution in [0.25, 0.3) is 0 Å². The maximum atomic E-state index is 4.42. The number of anilines is 1. The quantitative estimate of drug-likeness (QED) is 0.825. The lowest BCUT2D eigenvalue weighted by Gasteiger charge is -2.08. The molecule has 0 spiro atoms. The SMILES string of the molecule is Cc1nc(C)c(CNc2ccc(Br)cc2Br)s1. The van der Waals surface area contributed by atoms with Crippen LogP contribution in [-0.4, -0.2) is 4.98 Å². The number of halogens is 2. The topological polar surface area (TPSA) is 24.9 Å². The van der Waals surface area contributed by atoms with E-state index >= 15 is 0 Å². The molecule has 5 heteroatoms. The van der Waals surface area contributed by atoms with Crippen LogP contribution < -0.4 is 5.32 Å². The number of nitrogens with zero attached hydrogens (tertiary/aromatic N) is 1. The van der Waals surface area contributed by atoms with Crippen molar-refractivity contribution in [3.63, 3.8) is 0 Å². The third-order valence-corrected chi connectivity index (χ3v) is 4.59. The predicted octanol–water partition coefficient (Wildman–Crippen LogP) is 4.90. The van der Waals surface area contributed by atoms with Gasteiger partial charge in [-0.1, -0.05) is 15.9 Å². The molecule has 1 N–H and O–H groups in total. The van der Waals surface area contributed by atoms with Crippen molar-refractivity contribution in [3.8, 4) is 0 Å². The van der Waals surface area contributed by atoms with E-state index in [1.165, 1.54) is 4.88 Å². The predicted molar refractivity (Wildman–Crippen MR) is 80.8 cm³/mol. The first-order valence-corrected chi connectivity index (χ1v) is 7.58. The van der Waals surface area contributed by atoms with Gasteiger partial charge in [0.05, 0.1) is 17.2 Å². The summed E-state index contributed by atoms with van der Waals surface area (Å²) in [7, 11) is 0. The second-order valence-corrected chi connectivity index (χ2v) is 6.78. The van der Waals surface area contributed by atoms with Crippen LogP contribution in [0.2, 0.25) is 0 Å². The molecule has 0 amide bonds. The number of rotatable bonds is 3. The van der Waals surface area contributed by atoms with Crippen molar-refractivity contribution >= 4 is 48.9 Å². The van der Waals surface area contributed by atoms with Gasteiger partial charge in [0.2, 0.25) is 0 Å². The normalized spacial score (nSPS) is 10.6. The average Bonchev–Trinajstić information content (AvgIpc) is 2.56. The summed E-state index contributed by atoms with van der Waals surface area (Å²) in [6, 6.07) is 6.11. The van der Waals surface area contributed by atoms with E-state index in [1.54, 1.807) is 11.3 Å². The molecule has 1 aromatic carbocycles. The number of nitrogens with one attached hydrogen (secondary N) is 1. The summed E-state index contributed by atoms with van der Waals surface area (Å²) in [6.07, 6.45) is 0. The van der Waals surface area contributed by atoms with E-state index in [9.17, 15) is 0 Å². The number of aryl methyl sites for hydroxylation is 2. The number of hydrogen-bond acceptors (Lipinski definition) is 3. The van der Waals surface area contributed by atoms with Crippen molar-refractivity contribution < 1.29 is 0 Å². The Morgan fingerprint density at radius 3 is 2.65 bits per heavy atom. The fraction of sp³-hybridized carbons (Fsp3) is 0.250. The van der Waals surface area contributed by atoms with E-state index in [0.717, 1.165) is 31.9 Å². The van der Waals surface area contributed by atoms with Gasteiger partial charge in [-0.3, -0.25) is 0 Å². The van der Waals surface area contributed by atoms with Crippen LogP contribution in [0.1, 0.15) is 15.6 Å². The highest BCUT2D eigenvalue weighted by Crippen LogP contribution is 2.27. The third kappa shape index (κ3) is 3.30. The molecule has 0 saturated carbocycles. The van der Waals surface area contributed by atoms with E-state index in [-0.39, 0.29) is 0 Å². The largest absolute Gasteiger partial charge is 0.379 e. The monoisotopic (exact) mass is 374 g/mol. The summed E-state index contributed by atoms with van der Waals surface area (Å²) >= 11 is 8.73. The standard InChI is InChI=1S/C12H12Br2N2S/c1-7-12(17-8(2)16-7)6-15-11-4-3-9(13)5-10(11)14/h3-5,15H,6H2,1-2H3. The summed E-state index contributed by atoms with van der Waals surface area (Å²) in [5, 5.41) is 4.53. The van der Waals surface area contributed by atoms with E-state index in [1.807, 2.05) is 19.1 Å². The van der Waals surface area contributed by atoms with Gasteiger partial charge in [0.15, 0.2) is 0 Å². The fourth-order valence-corrected chi connectivity index (χ4v) is 3.61. The Kier molecular flexibility index (Phi) is 4.22. The molecule has 0 bridgehead atoms. The summed E-state index contributed by atoms with van der Waals surface area (Å²) in [5.74, 6) is 0. The van der Waals surface area contributed by atoms with E-state index < -0.39 is 0 Å². The zero-order valence-corrected chi connectivity index (χ0v) is 13.5. The van der Waals surface area contributed by atoms with Gasteiger partial charge in [0.1, 0.15) is 0 Å². The lowest BCUT2D eigenvalue weighted by Crippen LogP contribution is -1.99. The summed E-state index contributed by atoms with van der Waals surface area (Å²) in [5.41, 5.74) is 2.21. The van der Waals surface area contributed by atoms with Gasteiger partial charge in [-0.05, 0) is 48.0 Å². The first-order valence-electron chi connectivity index (χ1n) is 5.18. The Morgan fingerprint density at radius 1 is 1.29 bits per heavy atom. The molecule has 2 nitrogen and oxygen atoms in total. The molecular weight excluding hydrogens is 364 g/mol. The summed E-state index contributed by atoms with van der Waals surface area (Å²) < 4.78 is 2.13. The van der Waals surface area contributed by atoms with Crippen LogP contribution in [0, 0.1) is 13.8 Å². The first kappa shape index (κ1) is 13.1. The molecule has 0 aliphatic carbocycles. The molecule has 2 aromatic rings. The van der Waals surface area contributed by atoms with Gasteiger partial charge in [-0.15, -0.1) is 11.3 Å². The zero-order chi connectivity index (χ0) is 12.4. The maximum absolute atomic E-state index is 4.42. The number of benzene rings is 1. The molecule has 2 rings (SSSR count). The Bertz CT molecular complexity index is 537. The molecule has 1 aromatic heterocycles. The highest BCUT2D eigenvalue weighted by Gasteiger charge is 2.05. The molecule has 90 valence electrons. The minimum Gasteiger partial charge on any atom is -0.379 e. The second kappa shape index (κ2) is 5.50. The number of aromatic nitrogens is 1. The molecule has 1 heterocycles. The Balaban J connectivity index is 2.10. The molecule has 17 heavy (non-hydrogen) atoms. The molecule has 0 radical (unpaired) electrons. The highest BCUT2D eigenvalue weighted by molar-refractivity contribution is 9.11. The molecule has 0 unspecified atom stereocenters. The van der Waals surface area contributed by atoms with Crippen LogP contribution in [0.5, 0.6) is 0 Å². The molecule has 0 aliphatic heterocycles. The van der Waals surface area contributed by atoms with Crippen molar-refractivity contribution in [2.75, 3.05) is 5.32 Å². The van der Waals surface area contributed by atoms with Crippen LogP contribution in [0.3, 0.4) is 0 Å². The van der Waals surface area contributed by atoms with Crippen LogP contribution in [0.15, 0.2) is 27.1 Å². The Morgan fingerprint density at radius 2 is 2.06 bits per heavy atom. The van der Waals surface area contributed by atoms with Crippen LogP contribution >= 0.6 is 43.2 Å². The van der Waals surface area contributed by atoms with Gasteiger partial charge in [-0.2, -0.15) is 0 Å². The van der Waals surface area contributed by atoms with Gasteiger partial charge in [0.25, 0.3) is 0 Å². The second-order valence-electron chi connectivity index (χ2n) is 3.72. The van der Waals surface area contributed by atoms with Crippen molar-refractivity contribution in [1.29, 1.82) is 0 Å². The van der Waals surface area contributed by atoms with Crippen molar-refractivity contribution in [3.05, 3.63) is 42.7 Å². The lowest BCUT2D eigenvalue weighted by molar-refractivity contribution is 1.10. The van der Waals surface area contributed by atoms with E-state index in [2.05, 4.69) is 55.2 Å². The first-order chi connectivity index (χ1) is 8.06. The molecule has 0 atom stereocenters. The lowest BCUT2D eigenvalue weighted by atomic mass is 10.3. The molecular formula is C12H12Br2N2S. The van der Waals surface area contributed by atoms with E-state index in [4.69, 9.17) is 0 Å². The van der Waals surface area contributed by atoms with Crippen molar-refractivity contribution in [1.82, 2.24) is 4.98 Å². The Labute approximate surface area is 122 Å². The van der Waals surface area contributed by atoms with Crippen LogP contribution in [0.4, 0.5) is 5.69 Å². The van der Waals surface area contributed by atoms with Crippen LogP contribution in [-0.2, 0) is 6.54 Å². The average molecular weight is 376 g/mol. The minimum atomic E-state index is 0.817. The molecule has 0 saturated heterocycles. The van der Waals surface area contributed by atoms with Gasteiger partial charge < -0.3 is 5.32 Å². The summed E-state index contributed by atoms with van der Waals surface area (Å²) in [4.78, 5) is 5.71. The molecule has 0 aliphatic rings. The van der Waals surface area contributed by atoms with Crippen molar-refractivity contribution in [2.45, 2.75) is 20.4 Å². The zero-order valence-electron chi connectivity index (χ0n) is 9.55. The summed E-state index contributed by atoms with van der Waals surface area (Å²) in [6.45, 7) is 4.91. The molecule has 0 fully saturated rings.